The van der Waals surface area contributed by atoms with Gasteiger partial charge in [0.2, 0.25) is 5.88 Å². The van der Waals surface area contributed by atoms with E-state index in [1.54, 1.807) is 13.3 Å². The predicted octanol–water partition coefficient (Wildman–Crippen LogP) is 2.32. The zero-order chi connectivity index (χ0) is 12.7. The molecule has 0 unspecified atom stereocenters. The predicted molar refractivity (Wildman–Crippen MR) is 76.6 cm³/mol. The van der Waals surface area contributed by atoms with Gasteiger partial charge in [0.1, 0.15) is 5.69 Å². The lowest BCUT2D eigenvalue weighted by atomic mass is 10.3. The Labute approximate surface area is 108 Å². The highest BCUT2D eigenvalue weighted by Gasteiger charge is 2.11. The van der Waals surface area contributed by atoms with Gasteiger partial charge in [0, 0.05) is 26.8 Å². The van der Waals surface area contributed by atoms with Gasteiger partial charge in [-0.15, -0.1) is 0 Å². The largest absolute Gasteiger partial charge is 0.479 e. The Morgan fingerprint density at radius 3 is 2.82 bits per heavy atom. The molecule has 1 aromatic rings. The molecule has 0 saturated heterocycles. The lowest BCUT2D eigenvalue weighted by Gasteiger charge is -2.19. The number of aromatic nitrogens is 1. The van der Waals surface area contributed by atoms with Crippen LogP contribution >= 0.6 is 11.8 Å². The van der Waals surface area contributed by atoms with Gasteiger partial charge in [-0.3, -0.25) is 0 Å². The molecule has 0 bridgehead atoms. The molecule has 0 atom stereocenters. The number of anilines is 2. The van der Waals surface area contributed by atoms with Crippen molar-refractivity contribution in [2.24, 2.45) is 0 Å². The molecule has 1 rings (SSSR count). The summed E-state index contributed by atoms with van der Waals surface area (Å²) in [4.78, 5) is 6.28. The van der Waals surface area contributed by atoms with Crippen LogP contribution in [0.5, 0.6) is 5.88 Å². The standard InChI is InChI=1S/C12H21N3OS/c1-15(2)10-6-8-14-12(16-3)11(10)13-7-5-9-17-4/h6,8,13H,5,7,9H2,1-4H3. The Balaban J connectivity index is 2.78. The fraction of sp³-hybridized carbons (Fsp3) is 0.583. The number of pyridine rings is 1. The third-order valence-corrected chi connectivity index (χ3v) is 3.09. The average Bonchev–Trinajstić information content (AvgIpc) is 2.34. The normalized spacial score (nSPS) is 10.1. The van der Waals surface area contributed by atoms with E-state index >= 15 is 0 Å². The highest BCUT2D eigenvalue weighted by molar-refractivity contribution is 7.98. The summed E-state index contributed by atoms with van der Waals surface area (Å²) in [7, 11) is 5.68. The van der Waals surface area contributed by atoms with Gasteiger partial charge in [-0.05, 0) is 24.5 Å². The zero-order valence-corrected chi connectivity index (χ0v) is 11.8. The van der Waals surface area contributed by atoms with Crippen LogP contribution in [0.4, 0.5) is 11.4 Å². The first-order chi connectivity index (χ1) is 8.20. The molecule has 0 spiro atoms. The highest BCUT2D eigenvalue weighted by Crippen LogP contribution is 2.31. The molecular formula is C12H21N3OS. The number of ether oxygens (including phenoxy) is 1. The Morgan fingerprint density at radius 1 is 1.47 bits per heavy atom. The molecule has 96 valence electrons. The molecule has 0 saturated carbocycles. The maximum atomic E-state index is 5.29. The third kappa shape index (κ3) is 4.00. The summed E-state index contributed by atoms with van der Waals surface area (Å²) in [6, 6.07) is 1.99. The molecule has 17 heavy (non-hydrogen) atoms. The third-order valence-electron chi connectivity index (χ3n) is 2.40. The maximum absolute atomic E-state index is 5.29. The average molecular weight is 255 g/mol. The van der Waals surface area contributed by atoms with Gasteiger partial charge in [-0.25, -0.2) is 4.98 Å². The van der Waals surface area contributed by atoms with Gasteiger partial charge in [0.25, 0.3) is 0 Å². The van der Waals surface area contributed by atoms with Crippen molar-refractivity contribution < 1.29 is 4.74 Å². The molecule has 1 aromatic heterocycles. The Kier molecular flexibility index (Phi) is 5.97. The van der Waals surface area contributed by atoms with Crippen molar-refractivity contribution in [1.29, 1.82) is 0 Å². The monoisotopic (exact) mass is 255 g/mol. The van der Waals surface area contributed by atoms with Crippen LogP contribution in [0.3, 0.4) is 0 Å². The number of thioether (sulfide) groups is 1. The van der Waals surface area contributed by atoms with Gasteiger partial charge >= 0.3 is 0 Å². The number of hydrogen-bond donors (Lipinski definition) is 1. The molecular weight excluding hydrogens is 234 g/mol. The van der Waals surface area contributed by atoms with Crippen LogP contribution in [0.15, 0.2) is 12.3 Å². The van der Waals surface area contributed by atoms with Crippen molar-refractivity contribution in [2.75, 3.05) is 50.0 Å². The molecule has 1 N–H and O–H groups in total. The van der Waals surface area contributed by atoms with E-state index in [2.05, 4.69) is 21.5 Å². The number of rotatable bonds is 7. The van der Waals surface area contributed by atoms with E-state index in [1.807, 2.05) is 31.9 Å². The minimum absolute atomic E-state index is 0.653. The molecule has 0 aliphatic heterocycles. The van der Waals surface area contributed by atoms with E-state index in [0.717, 1.165) is 30.1 Å². The first kappa shape index (κ1) is 14.0. The molecule has 0 amide bonds. The number of methoxy groups -OCH3 is 1. The van der Waals surface area contributed by atoms with E-state index in [0.29, 0.717) is 5.88 Å². The summed E-state index contributed by atoms with van der Waals surface area (Å²) in [5.41, 5.74) is 2.07. The van der Waals surface area contributed by atoms with E-state index < -0.39 is 0 Å². The highest BCUT2D eigenvalue weighted by atomic mass is 32.2. The Bertz CT molecular complexity index is 345. The molecule has 5 heteroatoms. The summed E-state index contributed by atoms with van der Waals surface area (Å²) >= 11 is 1.86. The first-order valence-corrected chi connectivity index (χ1v) is 7.03. The van der Waals surface area contributed by atoms with Gasteiger partial charge in [0.15, 0.2) is 0 Å². The Morgan fingerprint density at radius 2 is 2.24 bits per heavy atom. The van der Waals surface area contributed by atoms with Crippen LogP contribution in [0, 0.1) is 0 Å². The summed E-state index contributed by atoms with van der Waals surface area (Å²) in [5, 5.41) is 3.41. The SMILES string of the molecule is COc1nccc(N(C)C)c1NCCCSC. The van der Waals surface area contributed by atoms with Crippen molar-refractivity contribution in [3.63, 3.8) is 0 Å². The van der Waals surface area contributed by atoms with Gasteiger partial charge < -0.3 is 15.0 Å². The first-order valence-electron chi connectivity index (χ1n) is 5.63. The summed E-state index contributed by atoms with van der Waals surface area (Å²) < 4.78 is 5.29. The quantitative estimate of drug-likeness (QED) is 0.757. The van der Waals surface area contributed by atoms with Crippen LogP contribution in [-0.2, 0) is 0 Å². The number of nitrogens with one attached hydrogen (secondary N) is 1. The lowest BCUT2D eigenvalue weighted by Crippen LogP contribution is -2.14. The fourth-order valence-corrected chi connectivity index (χ4v) is 1.99. The fourth-order valence-electron chi connectivity index (χ4n) is 1.56. The van der Waals surface area contributed by atoms with Crippen LogP contribution < -0.4 is 15.0 Å². The van der Waals surface area contributed by atoms with Crippen molar-refractivity contribution >= 4 is 23.1 Å². The van der Waals surface area contributed by atoms with Crippen LogP contribution in [0.2, 0.25) is 0 Å². The molecule has 1 heterocycles. The minimum atomic E-state index is 0.653. The number of hydrogen-bond acceptors (Lipinski definition) is 5. The molecule has 0 radical (unpaired) electrons. The second kappa shape index (κ2) is 7.27. The topological polar surface area (TPSA) is 37.4 Å². The van der Waals surface area contributed by atoms with Gasteiger partial charge in [0.05, 0.1) is 12.8 Å². The molecule has 4 nitrogen and oxygen atoms in total. The summed E-state index contributed by atoms with van der Waals surface area (Å²) in [6.45, 7) is 0.934. The second-order valence-corrected chi connectivity index (χ2v) is 4.87. The smallest absolute Gasteiger partial charge is 0.239 e. The second-order valence-electron chi connectivity index (χ2n) is 3.88. The van der Waals surface area contributed by atoms with Gasteiger partial charge in [-0.1, -0.05) is 0 Å². The summed E-state index contributed by atoms with van der Waals surface area (Å²) in [5.74, 6) is 1.81. The van der Waals surface area contributed by atoms with Crippen molar-refractivity contribution in [3.8, 4) is 5.88 Å². The molecule has 0 aliphatic carbocycles. The van der Waals surface area contributed by atoms with Crippen LogP contribution in [0.1, 0.15) is 6.42 Å². The molecule has 0 aliphatic rings. The maximum Gasteiger partial charge on any atom is 0.239 e. The van der Waals surface area contributed by atoms with E-state index in [-0.39, 0.29) is 0 Å². The van der Waals surface area contributed by atoms with E-state index in [9.17, 15) is 0 Å². The van der Waals surface area contributed by atoms with Crippen molar-refractivity contribution in [2.45, 2.75) is 6.42 Å². The molecule has 0 aromatic carbocycles. The van der Waals surface area contributed by atoms with Gasteiger partial charge in [-0.2, -0.15) is 11.8 Å². The Hall–Kier alpha value is -1.10. The van der Waals surface area contributed by atoms with Crippen LogP contribution in [-0.4, -0.2) is 44.7 Å². The van der Waals surface area contributed by atoms with Crippen LogP contribution in [0.25, 0.3) is 0 Å². The van der Waals surface area contributed by atoms with E-state index in [1.165, 1.54) is 0 Å². The number of nitrogens with zero attached hydrogens (tertiary/aromatic N) is 2. The van der Waals surface area contributed by atoms with E-state index in [4.69, 9.17) is 4.74 Å². The van der Waals surface area contributed by atoms with Crippen molar-refractivity contribution in [3.05, 3.63) is 12.3 Å². The molecule has 0 fully saturated rings. The summed E-state index contributed by atoms with van der Waals surface area (Å²) in [6.07, 6.45) is 5.02. The lowest BCUT2D eigenvalue weighted by molar-refractivity contribution is 0.400. The minimum Gasteiger partial charge on any atom is -0.479 e. The van der Waals surface area contributed by atoms with Crippen molar-refractivity contribution in [1.82, 2.24) is 4.98 Å². The zero-order valence-electron chi connectivity index (χ0n) is 11.0.